The fraction of sp³-hybridized carbons (Fsp3) is 0.231. The molecule has 106 valence electrons. The normalized spacial score (nSPS) is 10.1. The average molecular weight is 315 g/mol. The summed E-state index contributed by atoms with van der Waals surface area (Å²) < 4.78 is 0. The van der Waals surface area contributed by atoms with Crippen molar-refractivity contribution in [3.05, 3.63) is 28.2 Å². The van der Waals surface area contributed by atoms with Crippen LogP contribution in [-0.2, 0) is 9.59 Å². The Morgan fingerprint density at radius 3 is 2.65 bits per heavy atom. The van der Waals surface area contributed by atoms with Crippen molar-refractivity contribution in [1.82, 2.24) is 4.90 Å². The highest BCUT2D eigenvalue weighted by molar-refractivity contribution is 6.35. The van der Waals surface area contributed by atoms with Crippen LogP contribution in [0.4, 0.5) is 5.69 Å². The number of hydrogen-bond acceptors (Lipinski definition) is 3. The summed E-state index contributed by atoms with van der Waals surface area (Å²) in [5.74, 6) is 0.812. The summed E-state index contributed by atoms with van der Waals surface area (Å²) in [5.41, 5.74) is 0.361. The molecule has 0 atom stereocenters. The molecule has 0 aliphatic heterocycles. The van der Waals surface area contributed by atoms with E-state index >= 15 is 0 Å². The molecule has 5 nitrogen and oxygen atoms in total. The molecule has 0 fully saturated rings. The third-order valence-electron chi connectivity index (χ3n) is 2.24. The zero-order valence-corrected chi connectivity index (χ0v) is 11.9. The molecule has 0 aromatic heterocycles. The number of nitrogens with one attached hydrogen (secondary N) is 1. The number of terminal acetylenes is 1. The van der Waals surface area contributed by atoms with Crippen molar-refractivity contribution in [2.45, 2.75) is 0 Å². The molecule has 1 amide bonds. The second-order valence-corrected chi connectivity index (χ2v) is 4.76. The molecular formula is C13H12Cl2N2O3. The van der Waals surface area contributed by atoms with Crippen molar-refractivity contribution < 1.29 is 14.7 Å². The van der Waals surface area contributed by atoms with Gasteiger partial charge in [0.15, 0.2) is 0 Å². The van der Waals surface area contributed by atoms with Gasteiger partial charge in [-0.15, -0.1) is 6.42 Å². The minimum absolute atomic E-state index is 0.0585. The van der Waals surface area contributed by atoms with Gasteiger partial charge in [-0.1, -0.05) is 29.1 Å². The molecule has 0 heterocycles. The molecule has 0 bridgehead atoms. The van der Waals surface area contributed by atoms with E-state index in [9.17, 15) is 9.59 Å². The van der Waals surface area contributed by atoms with Crippen LogP contribution in [0.1, 0.15) is 0 Å². The summed E-state index contributed by atoms with van der Waals surface area (Å²) in [7, 11) is 0. The van der Waals surface area contributed by atoms with Gasteiger partial charge in [-0.05, 0) is 18.2 Å². The zero-order valence-electron chi connectivity index (χ0n) is 10.4. The van der Waals surface area contributed by atoms with Gasteiger partial charge in [-0.25, -0.2) is 0 Å². The smallest absolute Gasteiger partial charge is 0.317 e. The average Bonchev–Trinajstić information content (AvgIpc) is 2.33. The van der Waals surface area contributed by atoms with E-state index in [0.29, 0.717) is 15.7 Å². The number of carbonyl (C=O) groups is 2. The number of hydrogen-bond donors (Lipinski definition) is 2. The molecule has 0 unspecified atom stereocenters. The first kappa shape index (κ1) is 16.3. The lowest BCUT2D eigenvalue weighted by Crippen LogP contribution is -2.37. The van der Waals surface area contributed by atoms with Crippen LogP contribution >= 0.6 is 23.2 Å². The van der Waals surface area contributed by atoms with Crippen LogP contribution in [0.3, 0.4) is 0 Å². The fourth-order valence-electron chi connectivity index (χ4n) is 1.47. The monoisotopic (exact) mass is 314 g/mol. The van der Waals surface area contributed by atoms with Crippen molar-refractivity contribution in [2.24, 2.45) is 0 Å². The number of amides is 1. The van der Waals surface area contributed by atoms with E-state index in [-0.39, 0.29) is 19.6 Å². The standard InChI is InChI=1S/C13H12Cl2N2O3/c1-2-5-17(8-13(19)20)7-12(18)16-11-6-9(14)3-4-10(11)15/h1,3-4,6H,5,7-8H2,(H,16,18)(H,19,20). The molecule has 7 heteroatoms. The van der Waals surface area contributed by atoms with Gasteiger partial charge in [0.2, 0.25) is 5.91 Å². The number of halogens is 2. The van der Waals surface area contributed by atoms with Gasteiger partial charge >= 0.3 is 5.97 Å². The number of carbonyl (C=O) groups excluding carboxylic acids is 1. The SMILES string of the molecule is C#CCN(CC(=O)O)CC(=O)Nc1cc(Cl)ccc1Cl. The Bertz CT molecular complexity index is 555. The van der Waals surface area contributed by atoms with Crippen molar-refractivity contribution in [1.29, 1.82) is 0 Å². The van der Waals surface area contributed by atoms with Crippen molar-refractivity contribution >= 4 is 40.8 Å². The number of rotatable bonds is 6. The van der Waals surface area contributed by atoms with Gasteiger partial charge in [-0.3, -0.25) is 14.5 Å². The first-order valence-corrected chi connectivity index (χ1v) is 6.30. The summed E-state index contributed by atoms with van der Waals surface area (Å²) in [6.07, 6.45) is 5.12. The number of carboxylic acid groups (broad SMARTS) is 1. The molecule has 0 spiro atoms. The molecule has 1 rings (SSSR count). The van der Waals surface area contributed by atoms with Crippen molar-refractivity contribution in [3.63, 3.8) is 0 Å². The van der Waals surface area contributed by atoms with Crippen LogP contribution in [0.5, 0.6) is 0 Å². The summed E-state index contributed by atoms with van der Waals surface area (Å²) in [4.78, 5) is 23.8. The molecule has 2 N–H and O–H groups in total. The Morgan fingerprint density at radius 2 is 2.05 bits per heavy atom. The predicted octanol–water partition coefficient (Wildman–Crippen LogP) is 1.95. The molecule has 1 aromatic carbocycles. The molecule has 0 aliphatic rings. The van der Waals surface area contributed by atoms with Crippen LogP contribution in [-0.4, -0.2) is 41.5 Å². The van der Waals surface area contributed by atoms with Crippen molar-refractivity contribution in [3.8, 4) is 12.3 Å². The van der Waals surface area contributed by atoms with E-state index in [1.807, 2.05) is 0 Å². The summed E-state index contributed by atoms with van der Waals surface area (Å²) in [6, 6.07) is 4.65. The second-order valence-electron chi connectivity index (χ2n) is 3.92. The second kappa shape index (κ2) is 7.75. The van der Waals surface area contributed by atoms with Gasteiger partial charge < -0.3 is 10.4 Å². The molecular weight excluding hydrogens is 303 g/mol. The van der Waals surface area contributed by atoms with Crippen molar-refractivity contribution in [2.75, 3.05) is 25.0 Å². The molecule has 0 saturated heterocycles. The molecule has 0 radical (unpaired) electrons. The number of aliphatic carboxylic acids is 1. The van der Waals surface area contributed by atoms with Gasteiger partial charge in [0.05, 0.1) is 30.3 Å². The molecule has 1 aromatic rings. The van der Waals surface area contributed by atoms with E-state index in [1.165, 1.54) is 11.0 Å². The van der Waals surface area contributed by atoms with Gasteiger partial charge in [0, 0.05) is 5.02 Å². The quantitative estimate of drug-likeness (QED) is 0.787. The van der Waals surface area contributed by atoms with E-state index in [1.54, 1.807) is 12.1 Å². The zero-order chi connectivity index (χ0) is 15.1. The summed E-state index contributed by atoms with van der Waals surface area (Å²) >= 11 is 11.7. The fourth-order valence-corrected chi connectivity index (χ4v) is 1.81. The van der Waals surface area contributed by atoms with E-state index in [4.69, 9.17) is 34.7 Å². The summed E-state index contributed by atoms with van der Waals surface area (Å²) in [6.45, 7) is -0.413. The maximum absolute atomic E-state index is 11.8. The Labute approximate surface area is 126 Å². The highest BCUT2D eigenvalue weighted by Crippen LogP contribution is 2.25. The minimum atomic E-state index is -1.06. The van der Waals surface area contributed by atoms with Gasteiger partial charge in [0.1, 0.15) is 0 Å². The van der Waals surface area contributed by atoms with Crippen LogP contribution in [0.2, 0.25) is 10.0 Å². The lowest BCUT2D eigenvalue weighted by molar-refractivity contribution is -0.138. The molecule has 20 heavy (non-hydrogen) atoms. The van der Waals surface area contributed by atoms with Crippen LogP contribution < -0.4 is 5.32 Å². The first-order valence-electron chi connectivity index (χ1n) is 5.55. The number of benzene rings is 1. The molecule has 0 saturated carbocycles. The van der Waals surface area contributed by atoms with Gasteiger partial charge in [0.25, 0.3) is 0 Å². The highest BCUT2D eigenvalue weighted by atomic mass is 35.5. The highest BCUT2D eigenvalue weighted by Gasteiger charge is 2.14. The Kier molecular flexibility index (Phi) is 6.32. The lowest BCUT2D eigenvalue weighted by Gasteiger charge is -2.17. The number of nitrogens with zero attached hydrogens (tertiary/aromatic N) is 1. The van der Waals surface area contributed by atoms with Crippen LogP contribution in [0, 0.1) is 12.3 Å². The first-order chi connectivity index (χ1) is 9.42. The van der Waals surface area contributed by atoms with Gasteiger partial charge in [-0.2, -0.15) is 0 Å². The van der Waals surface area contributed by atoms with E-state index < -0.39 is 11.9 Å². The van der Waals surface area contributed by atoms with E-state index in [0.717, 1.165) is 0 Å². The van der Waals surface area contributed by atoms with Crippen LogP contribution in [0.15, 0.2) is 18.2 Å². The molecule has 0 aliphatic carbocycles. The van der Waals surface area contributed by atoms with Crippen LogP contribution in [0.25, 0.3) is 0 Å². The topological polar surface area (TPSA) is 69.6 Å². The van der Waals surface area contributed by atoms with E-state index in [2.05, 4.69) is 11.2 Å². The summed E-state index contributed by atoms with van der Waals surface area (Å²) in [5, 5.41) is 12.0. The number of anilines is 1. The maximum Gasteiger partial charge on any atom is 0.317 e. The third-order valence-corrected chi connectivity index (χ3v) is 2.81. The largest absolute Gasteiger partial charge is 0.480 e. The third kappa shape index (κ3) is 5.49. The Hall–Kier alpha value is -1.74. The minimum Gasteiger partial charge on any atom is -0.480 e. The lowest BCUT2D eigenvalue weighted by atomic mass is 10.3. The Morgan fingerprint density at radius 1 is 1.35 bits per heavy atom. The number of carboxylic acids is 1. The Balaban J connectivity index is 2.68. The predicted molar refractivity (Wildman–Crippen MR) is 78.0 cm³/mol. The maximum atomic E-state index is 11.8.